The third kappa shape index (κ3) is 5.41. The van der Waals surface area contributed by atoms with Crippen molar-refractivity contribution in [2.24, 2.45) is 5.10 Å². The quantitative estimate of drug-likeness (QED) is 0.407. The van der Waals surface area contributed by atoms with Crippen molar-refractivity contribution in [3.63, 3.8) is 0 Å². The Bertz CT molecular complexity index is 1130. The summed E-state index contributed by atoms with van der Waals surface area (Å²) in [4.78, 5) is 12.7. The van der Waals surface area contributed by atoms with Gasteiger partial charge < -0.3 is 15.2 Å². The van der Waals surface area contributed by atoms with Crippen LogP contribution in [0.15, 0.2) is 53.6 Å². The first-order valence-electron chi connectivity index (χ1n) is 9.59. The Kier molecular flexibility index (Phi) is 7.25. The van der Waals surface area contributed by atoms with Gasteiger partial charge in [0, 0.05) is 0 Å². The molecule has 0 spiro atoms. The molecule has 0 radical (unpaired) electrons. The number of rotatable bonds is 8. The molecule has 31 heavy (non-hydrogen) atoms. The van der Waals surface area contributed by atoms with Crippen LogP contribution in [-0.2, 0) is 6.61 Å². The molecule has 2 aromatic carbocycles. The molecule has 0 aliphatic carbocycles. The summed E-state index contributed by atoms with van der Waals surface area (Å²) in [5, 5.41) is 13.4. The first-order valence-corrected chi connectivity index (χ1v) is 10.4. The van der Waals surface area contributed by atoms with E-state index in [0.29, 0.717) is 45.7 Å². The number of nitrogens with two attached hydrogens (primary N) is 1. The molecule has 0 saturated heterocycles. The Labute approximate surface area is 184 Å². The van der Waals surface area contributed by atoms with Crippen molar-refractivity contribution in [3.8, 4) is 17.6 Å². The molecule has 0 fully saturated rings. The van der Waals surface area contributed by atoms with Crippen LogP contribution < -0.4 is 20.6 Å². The van der Waals surface area contributed by atoms with Gasteiger partial charge in [-0.3, -0.25) is 4.79 Å². The Balaban J connectivity index is 1.68. The second-order valence-electron chi connectivity index (χ2n) is 6.52. The van der Waals surface area contributed by atoms with Crippen LogP contribution in [0.5, 0.6) is 11.5 Å². The van der Waals surface area contributed by atoms with Gasteiger partial charge in [-0.2, -0.15) is 10.4 Å². The predicted octanol–water partition coefficient (Wildman–Crippen LogP) is 4.25. The highest BCUT2D eigenvalue weighted by molar-refractivity contribution is 7.18. The number of benzene rings is 2. The number of nitriles is 1. The number of carbonyl (C=O) groups is 1. The number of hydrogen-bond donors (Lipinski definition) is 2. The summed E-state index contributed by atoms with van der Waals surface area (Å²) in [5.41, 5.74) is 10.9. The molecule has 3 aromatic rings. The van der Waals surface area contributed by atoms with Gasteiger partial charge >= 0.3 is 0 Å². The topological polar surface area (TPSA) is 110 Å². The Morgan fingerprint density at radius 2 is 2.00 bits per heavy atom. The Morgan fingerprint density at radius 3 is 2.68 bits per heavy atom. The van der Waals surface area contributed by atoms with Gasteiger partial charge in [-0.1, -0.05) is 30.3 Å². The molecule has 0 aliphatic heterocycles. The monoisotopic (exact) mass is 434 g/mol. The summed E-state index contributed by atoms with van der Waals surface area (Å²) in [5.74, 6) is 0.801. The zero-order valence-electron chi connectivity index (χ0n) is 17.2. The minimum absolute atomic E-state index is 0.321. The highest BCUT2D eigenvalue weighted by Crippen LogP contribution is 2.30. The van der Waals surface area contributed by atoms with Crippen LogP contribution in [0, 0.1) is 18.3 Å². The van der Waals surface area contributed by atoms with Crippen LogP contribution in [0.1, 0.15) is 38.8 Å². The third-order valence-corrected chi connectivity index (χ3v) is 5.50. The number of anilines is 1. The summed E-state index contributed by atoms with van der Waals surface area (Å²) in [7, 11) is 0. The van der Waals surface area contributed by atoms with Crippen LogP contribution in [-0.4, -0.2) is 18.7 Å². The van der Waals surface area contributed by atoms with E-state index in [4.69, 9.17) is 20.5 Å². The average molecular weight is 435 g/mol. The lowest BCUT2D eigenvalue weighted by atomic mass is 10.2. The van der Waals surface area contributed by atoms with Crippen molar-refractivity contribution in [1.82, 2.24) is 5.43 Å². The van der Waals surface area contributed by atoms with E-state index < -0.39 is 5.91 Å². The zero-order chi connectivity index (χ0) is 22.2. The van der Waals surface area contributed by atoms with Crippen molar-refractivity contribution >= 4 is 28.5 Å². The van der Waals surface area contributed by atoms with Crippen LogP contribution in [0.4, 0.5) is 5.00 Å². The SMILES string of the molecule is CCOc1cc(/C=N\NC(=O)c2sc(N)c(C#N)c2C)ccc1OCc1ccccc1. The van der Waals surface area contributed by atoms with Crippen molar-refractivity contribution in [1.29, 1.82) is 5.26 Å². The minimum Gasteiger partial charge on any atom is -0.490 e. The van der Waals surface area contributed by atoms with Crippen LogP contribution in [0.3, 0.4) is 0 Å². The molecule has 0 bridgehead atoms. The molecule has 0 saturated carbocycles. The van der Waals surface area contributed by atoms with E-state index in [1.807, 2.05) is 49.4 Å². The molecule has 0 aliphatic rings. The number of hydrazone groups is 1. The van der Waals surface area contributed by atoms with Gasteiger partial charge in [0.2, 0.25) is 0 Å². The standard InChI is InChI=1S/C23H22N4O3S/c1-3-29-20-11-17(9-10-19(20)30-14-16-7-5-4-6-8-16)13-26-27-23(28)21-15(2)18(12-24)22(25)31-21/h4-11,13H,3,14,25H2,1-2H3,(H,27,28)/b26-13-. The highest BCUT2D eigenvalue weighted by atomic mass is 32.1. The maximum absolute atomic E-state index is 12.4. The largest absolute Gasteiger partial charge is 0.490 e. The normalized spacial score (nSPS) is 10.6. The van der Waals surface area contributed by atoms with E-state index >= 15 is 0 Å². The van der Waals surface area contributed by atoms with Gasteiger partial charge in [0.1, 0.15) is 22.6 Å². The van der Waals surface area contributed by atoms with Gasteiger partial charge in [0.25, 0.3) is 5.91 Å². The average Bonchev–Trinajstić information content (AvgIpc) is 3.07. The van der Waals surface area contributed by atoms with Crippen LogP contribution in [0.25, 0.3) is 0 Å². The molecule has 0 unspecified atom stereocenters. The molecule has 3 rings (SSSR count). The molecule has 1 heterocycles. The van der Waals surface area contributed by atoms with Gasteiger partial charge in [0.15, 0.2) is 11.5 Å². The van der Waals surface area contributed by atoms with Gasteiger partial charge in [0.05, 0.1) is 18.4 Å². The van der Waals surface area contributed by atoms with Crippen molar-refractivity contribution in [3.05, 3.63) is 75.7 Å². The van der Waals surface area contributed by atoms with Crippen molar-refractivity contribution in [2.45, 2.75) is 20.5 Å². The van der Waals surface area contributed by atoms with E-state index in [0.717, 1.165) is 22.5 Å². The van der Waals surface area contributed by atoms with E-state index in [1.165, 1.54) is 6.21 Å². The third-order valence-electron chi connectivity index (χ3n) is 4.38. The second-order valence-corrected chi connectivity index (χ2v) is 7.57. The summed E-state index contributed by atoms with van der Waals surface area (Å²) in [6.45, 7) is 4.50. The summed E-state index contributed by atoms with van der Waals surface area (Å²) in [6.07, 6.45) is 1.51. The van der Waals surface area contributed by atoms with E-state index in [2.05, 4.69) is 10.5 Å². The molecular formula is C23H22N4O3S. The smallest absolute Gasteiger partial charge is 0.281 e. The summed E-state index contributed by atoms with van der Waals surface area (Å²) >= 11 is 1.07. The lowest BCUT2D eigenvalue weighted by Crippen LogP contribution is -2.17. The van der Waals surface area contributed by atoms with E-state index in [1.54, 1.807) is 19.1 Å². The maximum Gasteiger partial charge on any atom is 0.281 e. The number of thiophene rings is 1. The summed E-state index contributed by atoms with van der Waals surface area (Å²) < 4.78 is 11.6. The van der Waals surface area contributed by atoms with E-state index in [9.17, 15) is 4.79 Å². The molecule has 1 aromatic heterocycles. The van der Waals surface area contributed by atoms with Crippen LogP contribution >= 0.6 is 11.3 Å². The number of amides is 1. The molecule has 7 nitrogen and oxygen atoms in total. The first kappa shape index (κ1) is 21.9. The van der Waals surface area contributed by atoms with Gasteiger partial charge in [-0.05, 0) is 48.7 Å². The molecule has 3 N–H and O–H groups in total. The fraction of sp³-hybridized carbons (Fsp3) is 0.174. The fourth-order valence-electron chi connectivity index (χ4n) is 2.84. The summed E-state index contributed by atoms with van der Waals surface area (Å²) in [6, 6.07) is 17.3. The molecule has 0 atom stereocenters. The molecule has 158 valence electrons. The Morgan fingerprint density at radius 1 is 1.23 bits per heavy atom. The fourth-order valence-corrected chi connectivity index (χ4v) is 3.75. The zero-order valence-corrected chi connectivity index (χ0v) is 18.0. The van der Waals surface area contributed by atoms with Gasteiger partial charge in [-0.15, -0.1) is 11.3 Å². The number of nitrogens with zero attached hydrogens (tertiary/aromatic N) is 2. The number of nitrogens with one attached hydrogen (secondary N) is 1. The lowest BCUT2D eigenvalue weighted by Gasteiger charge is -2.12. The number of ether oxygens (including phenoxy) is 2. The lowest BCUT2D eigenvalue weighted by molar-refractivity contribution is 0.0958. The predicted molar refractivity (Wildman–Crippen MR) is 122 cm³/mol. The first-order chi connectivity index (χ1) is 15.0. The molecule has 1 amide bonds. The van der Waals surface area contributed by atoms with Crippen molar-refractivity contribution in [2.75, 3.05) is 12.3 Å². The number of carbonyl (C=O) groups excluding carboxylic acids is 1. The van der Waals surface area contributed by atoms with E-state index in [-0.39, 0.29) is 0 Å². The number of hydrogen-bond acceptors (Lipinski definition) is 7. The highest BCUT2D eigenvalue weighted by Gasteiger charge is 2.18. The van der Waals surface area contributed by atoms with Crippen molar-refractivity contribution < 1.29 is 14.3 Å². The van der Waals surface area contributed by atoms with Crippen LogP contribution in [0.2, 0.25) is 0 Å². The maximum atomic E-state index is 12.4. The van der Waals surface area contributed by atoms with Gasteiger partial charge in [-0.25, -0.2) is 5.43 Å². The second kappa shape index (κ2) is 10.3. The number of nitrogen functional groups attached to an aromatic ring is 1. The minimum atomic E-state index is -0.417. The Hall–Kier alpha value is -3.83. The molecule has 8 heteroatoms. The molecular weight excluding hydrogens is 412 g/mol.